The number of aryl methyl sites for hydroxylation is 1. The quantitative estimate of drug-likeness (QED) is 0.771. The summed E-state index contributed by atoms with van der Waals surface area (Å²) in [6.45, 7) is 1.61. The maximum Gasteiger partial charge on any atom is 0.159 e. The van der Waals surface area contributed by atoms with Crippen LogP contribution in [-0.4, -0.2) is 15.2 Å². The van der Waals surface area contributed by atoms with Gasteiger partial charge in [-0.25, -0.2) is 13.8 Å². The molecule has 1 aromatic heterocycles. The molecule has 1 aromatic carbocycles. The van der Waals surface area contributed by atoms with Crippen LogP contribution in [0.2, 0.25) is 5.15 Å². The van der Waals surface area contributed by atoms with Crippen LogP contribution < -0.4 is 0 Å². The van der Waals surface area contributed by atoms with Gasteiger partial charge in [0.1, 0.15) is 23.2 Å². The van der Waals surface area contributed by atoms with Crippen LogP contribution in [0.15, 0.2) is 18.2 Å². The van der Waals surface area contributed by atoms with Crippen LogP contribution >= 0.6 is 11.6 Å². The molecule has 0 fully saturated rings. The van der Waals surface area contributed by atoms with Gasteiger partial charge in [0.25, 0.3) is 0 Å². The van der Waals surface area contributed by atoms with E-state index in [4.69, 9.17) is 11.6 Å². The molecule has 0 saturated heterocycles. The minimum absolute atomic E-state index is 0.0398. The average Bonchev–Trinajstić information content (AvgIpc) is 2.19. The minimum Gasteiger partial charge on any atom is -0.217 e. The van der Waals surface area contributed by atoms with Crippen molar-refractivity contribution in [3.63, 3.8) is 0 Å². The van der Waals surface area contributed by atoms with Crippen LogP contribution in [0.4, 0.5) is 8.78 Å². The Morgan fingerprint density at radius 2 is 1.94 bits per heavy atom. The van der Waals surface area contributed by atoms with E-state index in [0.29, 0.717) is 5.82 Å². The standard InChI is InChI=1S/C10H6ClF2N3/c1-5-14-10(11)9(16-15-5)7-3-2-6(12)4-8(7)13/h2-4H,1H3. The van der Waals surface area contributed by atoms with Crippen molar-refractivity contribution in [2.24, 2.45) is 0 Å². The van der Waals surface area contributed by atoms with Gasteiger partial charge in [0.15, 0.2) is 5.15 Å². The topological polar surface area (TPSA) is 38.7 Å². The number of hydrogen-bond donors (Lipinski definition) is 0. The molecule has 2 aromatic rings. The second-order valence-corrected chi connectivity index (χ2v) is 3.48. The van der Waals surface area contributed by atoms with Crippen molar-refractivity contribution in [1.29, 1.82) is 0 Å². The van der Waals surface area contributed by atoms with Crippen LogP contribution in [-0.2, 0) is 0 Å². The van der Waals surface area contributed by atoms with Gasteiger partial charge >= 0.3 is 0 Å². The summed E-state index contributed by atoms with van der Waals surface area (Å²) in [5.74, 6) is -1.02. The molecular weight excluding hydrogens is 236 g/mol. The summed E-state index contributed by atoms with van der Waals surface area (Å²) in [7, 11) is 0. The number of nitrogens with zero attached hydrogens (tertiary/aromatic N) is 3. The highest BCUT2D eigenvalue weighted by Gasteiger charge is 2.13. The van der Waals surface area contributed by atoms with Crippen molar-refractivity contribution >= 4 is 11.6 Å². The van der Waals surface area contributed by atoms with Gasteiger partial charge in [-0.05, 0) is 19.1 Å². The van der Waals surface area contributed by atoms with Crippen molar-refractivity contribution in [3.05, 3.63) is 40.8 Å². The van der Waals surface area contributed by atoms with E-state index in [9.17, 15) is 8.78 Å². The highest BCUT2D eigenvalue weighted by Crippen LogP contribution is 2.26. The summed E-state index contributed by atoms with van der Waals surface area (Å²) >= 11 is 5.80. The second-order valence-electron chi connectivity index (χ2n) is 3.12. The lowest BCUT2D eigenvalue weighted by atomic mass is 10.1. The van der Waals surface area contributed by atoms with Gasteiger partial charge in [0.05, 0.1) is 0 Å². The number of hydrogen-bond acceptors (Lipinski definition) is 3. The molecule has 82 valence electrons. The van der Waals surface area contributed by atoms with Crippen LogP contribution in [0.1, 0.15) is 5.82 Å². The first-order chi connectivity index (χ1) is 7.58. The number of benzene rings is 1. The highest BCUT2D eigenvalue weighted by molar-refractivity contribution is 6.31. The summed E-state index contributed by atoms with van der Waals surface area (Å²) in [6, 6.07) is 3.13. The van der Waals surface area contributed by atoms with E-state index >= 15 is 0 Å². The molecule has 0 saturated carbocycles. The van der Waals surface area contributed by atoms with Crippen LogP contribution in [0.3, 0.4) is 0 Å². The fraction of sp³-hybridized carbons (Fsp3) is 0.100. The zero-order valence-electron chi connectivity index (χ0n) is 8.21. The molecule has 1 heterocycles. The molecule has 0 spiro atoms. The minimum atomic E-state index is -0.748. The molecular formula is C10H6ClF2N3. The van der Waals surface area contributed by atoms with Crippen LogP contribution in [0.5, 0.6) is 0 Å². The maximum absolute atomic E-state index is 13.4. The van der Waals surface area contributed by atoms with Gasteiger partial charge in [0, 0.05) is 11.6 Å². The predicted molar refractivity (Wildman–Crippen MR) is 54.9 cm³/mol. The second kappa shape index (κ2) is 4.09. The third kappa shape index (κ3) is 1.99. The Kier molecular flexibility index (Phi) is 2.78. The fourth-order valence-electron chi connectivity index (χ4n) is 1.23. The molecule has 0 bridgehead atoms. The van der Waals surface area contributed by atoms with Gasteiger partial charge in [-0.1, -0.05) is 11.6 Å². The Bertz CT molecular complexity index is 496. The lowest BCUT2D eigenvalue weighted by Gasteiger charge is -2.03. The normalized spacial score (nSPS) is 10.5. The fourth-order valence-corrected chi connectivity index (χ4v) is 1.49. The number of rotatable bonds is 1. The van der Waals surface area contributed by atoms with Crippen molar-refractivity contribution in [3.8, 4) is 11.3 Å². The molecule has 6 heteroatoms. The predicted octanol–water partition coefficient (Wildman–Crippen LogP) is 2.78. The number of aromatic nitrogens is 3. The Morgan fingerprint density at radius 3 is 2.56 bits per heavy atom. The van der Waals surface area contributed by atoms with Crippen molar-refractivity contribution in [2.75, 3.05) is 0 Å². The molecule has 0 aliphatic carbocycles. The highest BCUT2D eigenvalue weighted by atomic mass is 35.5. The SMILES string of the molecule is Cc1nnc(-c2ccc(F)cc2F)c(Cl)n1. The first-order valence-corrected chi connectivity index (χ1v) is 4.78. The van der Waals surface area contributed by atoms with E-state index < -0.39 is 11.6 Å². The van der Waals surface area contributed by atoms with E-state index in [1.165, 1.54) is 6.07 Å². The van der Waals surface area contributed by atoms with E-state index in [0.717, 1.165) is 12.1 Å². The van der Waals surface area contributed by atoms with Crippen LogP contribution in [0.25, 0.3) is 11.3 Å². The molecule has 3 nitrogen and oxygen atoms in total. The molecule has 0 unspecified atom stereocenters. The summed E-state index contributed by atoms with van der Waals surface area (Å²) in [5, 5.41) is 7.45. The maximum atomic E-state index is 13.4. The van der Waals surface area contributed by atoms with Gasteiger partial charge in [0.2, 0.25) is 0 Å². The Morgan fingerprint density at radius 1 is 1.19 bits per heavy atom. The molecule has 2 rings (SSSR count). The Hall–Kier alpha value is -1.62. The van der Waals surface area contributed by atoms with E-state index in [-0.39, 0.29) is 16.4 Å². The summed E-state index contributed by atoms with van der Waals surface area (Å²) in [5.41, 5.74) is 0.177. The van der Waals surface area contributed by atoms with Gasteiger partial charge < -0.3 is 0 Å². The van der Waals surface area contributed by atoms with Gasteiger partial charge in [-0.3, -0.25) is 0 Å². The van der Waals surface area contributed by atoms with Crippen LogP contribution in [0, 0.1) is 18.6 Å². The third-order valence-corrected chi connectivity index (χ3v) is 2.20. The first-order valence-electron chi connectivity index (χ1n) is 4.40. The first kappa shape index (κ1) is 10.9. The Balaban J connectivity index is 2.59. The van der Waals surface area contributed by atoms with E-state index in [1.807, 2.05) is 0 Å². The largest absolute Gasteiger partial charge is 0.217 e. The van der Waals surface area contributed by atoms with Gasteiger partial charge in [-0.15, -0.1) is 10.2 Å². The molecule has 16 heavy (non-hydrogen) atoms. The Labute approximate surface area is 95.1 Å². The van der Waals surface area contributed by atoms with Gasteiger partial charge in [-0.2, -0.15) is 0 Å². The summed E-state index contributed by atoms with van der Waals surface area (Å²) in [6.07, 6.45) is 0. The monoisotopic (exact) mass is 241 g/mol. The lowest BCUT2D eigenvalue weighted by molar-refractivity contribution is 0.585. The molecule has 0 aliphatic heterocycles. The van der Waals surface area contributed by atoms with E-state index in [2.05, 4.69) is 15.2 Å². The summed E-state index contributed by atoms with van der Waals surface area (Å²) < 4.78 is 26.1. The number of halogens is 3. The zero-order chi connectivity index (χ0) is 11.7. The average molecular weight is 242 g/mol. The lowest BCUT2D eigenvalue weighted by Crippen LogP contribution is -1.98. The molecule has 0 amide bonds. The van der Waals surface area contributed by atoms with E-state index in [1.54, 1.807) is 6.92 Å². The third-order valence-electron chi connectivity index (χ3n) is 1.94. The zero-order valence-corrected chi connectivity index (χ0v) is 8.96. The molecule has 0 atom stereocenters. The molecule has 0 N–H and O–H groups in total. The van der Waals surface area contributed by atoms with Crippen molar-refractivity contribution < 1.29 is 8.78 Å². The van der Waals surface area contributed by atoms with Crippen molar-refractivity contribution in [2.45, 2.75) is 6.92 Å². The molecule has 0 aliphatic rings. The van der Waals surface area contributed by atoms with Crippen molar-refractivity contribution in [1.82, 2.24) is 15.2 Å². The smallest absolute Gasteiger partial charge is 0.159 e. The molecule has 0 radical (unpaired) electrons. The summed E-state index contributed by atoms with van der Waals surface area (Å²) in [4.78, 5) is 3.84.